The van der Waals surface area contributed by atoms with Crippen LogP contribution >= 0.6 is 0 Å². The lowest BCUT2D eigenvalue weighted by molar-refractivity contribution is 0.0402. The van der Waals surface area contributed by atoms with E-state index < -0.39 is 5.60 Å². The van der Waals surface area contributed by atoms with E-state index in [0.717, 1.165) is 17.7 Å². The van der Waals surface area contributed by atoms with Crippen molar-refractivity contribution >= 4 is 5.71 Å². The average Bonchev–Trinajstić information content (AvgIpc) is 2.78. The largest absolute Gasteiger partial charge is 0.381 e. The zero-order valence-corrected chi connectivity index (χ0v) is 12.2. The highest BCUT2D eigenvalue weighted by molar-refractivity contribution is 6.13. The Balaban J connectivity index is 2.04. The summed E-state index contributed by atoms with van der Waals surface area (Å²) in [6.45, 7) is 8.85. The molecule has 2 aliphatic heterocycles. The molecule has 0 bridgehead atoms. The summed E-state index contributed by atoms with van der Waals surface area (Å²) in [5.41, 5.74) is 1.17. The second-order valence-electron chi connectivity index (χ2n) is 6.50. The van der Waals surface area contributed by atoms with Crippen molar-refractivity contribution in [1.29, 1.82) is 0 Å². The SMILES string of the molecule is CC(C)[C@@H]1C[C@@]2(O)C3=C[CH]C=CC3=N[C@H]2N1C(C)C. The summed E-state index contributed by atoms with van der Waals surface area (Å²) in [5, 5.41) is 11.2. The minimum atomic E-state index is -0.796. The normalized spacial score (nSPS) is 37.6. The maximum absolute atomic E-state index is 11.2. The van der Waals surface area contributed by atoms with Crippen molar-refractivity contribution in [3.63, 3.8) is 0 Å². The fourth-order valence-corrected chi connectivity index (χ4v) is 3.71. The molecule has 0 aromatic heterocycles. The predicted molar refractivity (Wildman–Crippen MR) is 77.9 cm³/mol. The lowest BCUT2D eigenvalue weighted by Gasteiger charge is -2.33. The van der Waals surface area contributed by atoms with Crippen LogP contribution in [0.15, 0.2) is 28.8 Å². The van der Waals surface area contributed by atoms with Gasteiger partial charge in [-0.05, 0) is 32.3 Å². The molecule has 3 aliphatic rings. The van der Waals surface area contributed by atoms with E-state index in [-0.39, 0.29) is 6.17 Å². The van der Waals surface area contributed by atoms with Crippen LogP contribution in [0.3, 0.4) is 0 Å². The topological polar surface area (TPSA) is 35.8 Å². The number of likely N-dealkylation sites (tertiary alicyclic amines) is 1. The molecule has 1 saturated heterocycles. The predicted octanol–water partition coefficient (Wildman–Crippen LogP) is 2.34. The van der Waals surface area contributed by atoms with Gasteiger partial charge in [-0.15, -0.1) is 0 Å². The van der Waals surface area contributed by atoms with Gasteiger partial charge >= 0.3 is 0 Å². The zero-order valence-electron chi connectivity index (χ0n) is 12.2. The minimum Gasteiger partial charge on any atom is -0.381 e. The van der Waals surface area contributed by atoms with Gasteiger partial charge in [0.05, 0.1) is 5.71 Å². The molecule has 0 aromatic carbocycles. The summed E-state index contributed by atoms with van der Waals surface area (Å²) >= 11 is 0. The molecule has 2 heterocycles. The smallest absolute Gasteiger partial charge is 0.136 e. The summed E-state index contributed by atoms with van der Waals surface area (Å²) in [6.07, 6.45) is 8.70. The zero-order chi connectivity index (χ0) is 13.8. The first-order valence-corrected chi connectivity index (χ1v) is 7.25. The second kappa shape index (κ2) is 4.29. The van der Waals surface area contributed by atoms with Crippen molar-refractivity contribution in [1.82, 2.24) is 4.90 Å². The second-order valence-corrected chi connectivity index (χ2v) is 6.50. The molecule has 0 saturated carbocycles. The molecule has 3 rings (SSSR count). The summed E-state index contributed by atoms with van der Waals surface area (Å²) < 4.78 is 0. The van der Waals surface area contributed by atoms with Crippen LogP contribution in [0.4, 0.5) is 0 Å². The lowest BCUT2D eigenvalue weighted by Crippen LogP contribution is -2.46. The summed E-state index contributed by atoms with van der Waals surface area (Å²) in [6, 6.07) is 0.789. The van der Waals surface area contributed by atoms with Gasteiger partial charge < -0.3 is 5.11 Å². The standard InChI is InChI=1S/C16H23N2O/c1-10(2)14-9-16(19)12-7-5-6-8-13(12)17-15(16)18(14)11(3)4/h5-8,10-11,14-15,19H,9H2,1-4H3/t14-,15-,16+/m0/s1. The van der Waals surface area contributed by atoms with E-state index in [2.05, 4.69) is 32.6 Å². The number of aliphatic imine (C=N–C) groups is 1. The number of hydrogen-bond donors (Lipinski definition) is 1. The third kappa shape index (κ3) is 1.75. The van der Waals surface area contributed by atoms with Gasteiger partial charge in [-0.1, -0.05) is 26.0 Å². The quantitative estimate of drug-likeness (QED) is 0.826. The van der Waals surface area contributed by atoms with Crippen LogP contribution in [0.5, 0.6) is 0 Å². The maximum Gasteiger partial charge on any atom is 0.136 e. The van der Waals surface area contributed by atoms with Gasteiger partial charge in [-0.2, -0.15) is 0 Å². The monoisotopic (exact) mass is 259 g/mol. The first kappa shape index (κ1) is 13.1. The lowest BCUT2D eigenvalue weighted by atomic mass is 9.84. The van der Waals surface area contributed by atoms with E-state index in [4.69, 9.17) is 4.99 Å². The highest BCUT2D eigenvalue weighted by Gasteiger charge is 2.58. The van der Waals surface area contributed by atoms with Crippen LogP contribution in [0.1, 0.15) is 34.1 Å². The Hall–Kier alpha value is -0.930. The van der Waals surface area contributed by atoms with E-state index in [0.29, 0.717) is 18.0 Å². The Bertz CT molecular complexity index is 475. The average molecular weight is 259 g/mol. The van der Waals surface area contributed by atoms with Crippen molar-refractivity contribution in [3.8, 4) is 0 Å². The van der Waals surface area contributed by atoms with Crippen molar-refractivity contribution in [2.45, 2.75) is 58.0 Å². The third-order valence-electron chi connectivity index (χ3n) is 4.61. The van der Waals surface area contributed by atoms with Crippen molar-refractivity contribution in [2.24, 2.45) is 10.9 Å². The van der Waals surface area contributed by atoms with E-state index >= 15 is 0 Å². The van der Waals surface area contributed by atoms with Gasteiger partial charge in [0.25, 0.3) is 0 Å². The molecule has 3 nitrogen and oxygen atoms in total. The molecule has 0 unspecified atom stereocenters. The Morgan fingerprint density at radius 3 is 2.74 bits per heavy atom. The van der Waals surface area contributed by atoms with Crippen LogP contribution in [0, 0.1) is 12.3 Å². The number of fused-ring (bicyclic) bond motifs is 3. The fourth-order valence-electron chi connectivity index (χ4n) is 3.71. The molecule has 0 spiro atoms. The van der Waals surface area contributed by atoms with Crippen molar-refractivity contribution in [2.75, 3.05) is 0 Å². The molecule has 1 aliphatic carbocycles. The molecule has 3 heteroatoms. The minimum absolute atomic E-state index is 0.114. The highest BCUT2D eigenvalue weighted by atomic mass is 16.3. The fraction of sp³-hybridized carbons (Fsp3) is 0.625. The molecule has 19 heavy (non-hydrogen) atoms. The van der Waals surface area contributed by atoms with Crippen molar-refractivity contribution in [3.05, 3.63) is 30.2 Å². The van der Waals surface area contributed by atoms with E-state index in [1.807, 2.05) is 24.6 Å². The van der Waals surface area contributed by atoms with Gasteiger partial charge in [-0.3, -0.25) is 9.89 Å². The molecule has 0 amide bonds. The Morgan fingerprint density at radius 1 is 1.37 bits per heavy atom. The first-order chi connectivity index (χ1) is 8.95. The number of rotatable bonds is 2. The third-order valence-corrected chi connectivity index (χ3v) is 4.61. The van der Waals surface area contributed by atoms with Gasteiger partial charge in [0.15, 0.2) is 0 Å². The molecular formula is C16H23N2O. The van der Waals surface area contributed by atoms with Crippen LogP contribution in [-0.4, -0.2) is 39.6 Å². The number of aliphatic hydroxyl groups is 1. The number of nitrogens with zero attached hydrogens (tertiary/aromatic N) is 2. The first-order valence-electron chi connectivity index (χ1n) is 7.25. The highest BCUT2D eigenvalue weighted by Crippen LogP contribution is 2.47. The van der Waals surface area contributed by atoms with Gasteiger partial charge in [0, 0.05) is 24.1 Å². The Morgan fingerprint density at radius 2 is 2.11 bits per heavy atom. The summed E-state index contributed by atoms with van der Waals surface area (Å²) in [4.78, 5) is 7.19. The molecule has 0 aromatic rings. The molecular weight excluding hydrogens is 236 g/mol. The summed E-state index contributed by atoms with van der Waals surface area (Å²) in [5.74, 6) is 0.527. The van der Waals surface area contributed by atoms with Crippen LogP contribution in [0.2, 0.25) is 0 Å². The Labute approximate surface area is 115 Å². The van der Waals surface area contributed by atoms with Gasteiger partial charge in [0.2, 0.25) is 0 Å². The van der Waals surface area contributed by atoms with Gasteiger partial charge in [0.1, 0.15) is 11.8 Å². The maximum atomic E-state index is 11.2. The molecule has 1 radical (unpaired) electrons. The Kier molecular flexibility index (Phi) is 2.95. The number of allylic oxidation sites excluding steroid dienone is 3. The van der Waals surface area contributed by atoms with E-state index in [1.54, 1.807) is 0 Å². The molecule has 3 atom stereocenters. The van der Waals surface area contributed by atoms with Crippen LogP contribution in [-0.2, 0) is 0 Å². The molecule has 1 N–H and O–H groups in total. The van der Waals surface area contributed by atoms with Crippen LogP contribution < -0.4 is 0 Å². The van der Waals surface area contributed by atoms with Crippen molar-refractivity contribution < 1.29 is 5.11 Å². The molecule has 1 fully saturated rings. The van der Waals surface area contributed by atoms with E-state index in [9.17, 15) is 5.11 Å². The number of hydrogen-bond acceptors (Lipinski definition) is 3. The molecule has 103 valence electrons. The van der Waals surface area contributed by atoms with E-state index in [1.165, 1.54) is 0 Å². The summed E-state index contributed by atoms with van der Waals surface area (Å²) in [7, 11) is 0. The van der Waals surface area contributed by atoms with Crippen LogP contribution in [0.25, 0.3) is 0 Å². The van der Waals surface area contributed by atoms with Gasteiger partial charge in [-0.25, -0.2) is 0 Å².